The summed E-state index contributed by atoms with van der Waals surface area (Å²) in [6.07, 6.45) is -5.05. The predicted molar refractivity (Wildman–Crippen MR) is 108 cm³/mol. The van der Waals surface area contributed by atoms with E-state index in [0.29, 0.717) is 4.88 Å². The van der Waals surface area contributed by atoms with Gasteiger partial charge in [0.1, 0.15) is 5.69 Å². The normalized spacial score (nSPS) is 12.4. The molecule has 0 spiro atoms. The van der Waals surface area contributed by atoms with Gasteiger partial charge in [0.2, 0.25) is 0 Å². The number of aromatic nitrogens is 2. The van der Waals surface area contributed by atoms with Crippen molar-refractivity contribution in [3.63, 3.8) is 0 Å². The topological polar surface area (TPSA) is 93.3 Å². The van der Waals surface area contributed by atoms with Crippen molar-refractivity contribution in [2.24, 2.45) is 0 Å². The van der Waals surface area contributed by atoms with Crippen molar-refractivity contribution >= 4 is 17.2 Å². The van der Waals surface area contributed by atoms with E-state index in [1.165, 1.54) is 24.5 Å². The van der Waals surface area contributed by atoms with Gasteiger partial charge in [-0.05, 0) is 36.8 Å². The van der Waals surface area contributed by atoms with Crippen molar-refractivity contribution in [1.82, 2.24) is 15.3 Å². The lowest BCUT2D eigenvalue weighted by atomic mass is 10.1. The number of hydrogen-bond acceptors (Lipinski definition) is 6. The zero-order chi connectivity index (χ0) is 23.5. The number of alkyl halides is 3. The quantitative estimate of drug-likeness (QED) is 0.509. The molecule has 0 fully saturated rings. The van der Waals surface area contributed by atoms with E-state index in [9.17, 15) is 27.2 Å². The molecule has 0 saturated heterocycles. The van der Waals surface area contributed by atoms with Gasteiger partial charge in [0.15, 0.2) is 17.4 Å². The molecular weight excluding hydrogens is 454 g/mol. The third-order valence-electron chi connectivity index (χ3n) is 4.17. The van der Waals surface area contributed by atoms with Crippen LogP contribution in [-0.4, -0.2) is 36.0 Å². The molecule has 3 rings (SSSR count). The van der Waals surface area contributed by atoms with Crippen molar-refractivity contribution in [2.45, 2.75) is 19.3 Å². The number of hydrogen-bond donors (Lipinski definition) is 2. The minimum atomic E-state index is -5.05. The third kappa shape index (κ3) is 5.92. The molecule has 1 atom stereocenters. The van der Waals surface area contributed by atoms with Crippen LogP contribution < -0.4 is 15.6 Å². The highest BCUT2D eigenvalue weighted by atomic mass is 32.1. The molecule has 0 unspecified atom stereocenters. The first-order valence-electron chi connectivity index (χ1n) is 9.09. The Kier molecular flexibility index (Phi) is 6.94. The number of nitrogens with one attached hydrogen (secondary N) is 2. The average Bonchev–Trinajstić information content (AvgIpc) is 3.14. The van der Waals surface area contributed by atoms with Gasteiger partial charge < -0.3 is 19.8 Å². The fourth-order valence-electron chi connectivity index (χ4n) is 2.81. The molecular formula is C20H17F4N3O4S. The minimum absolute atomic E-state index is 0.120. The van der Waals surface area contributed by atoms with Crippen LogP contribution in [0.3, 0.4) is 0 Å². The zero-order valence-electron chi connectivity index (χ0n) is 16.7. The SMILES string of the molecule is COC[C@@H](NC(=O)c1cc(=O)[nH]c(-c2ccc(C)s2)n1)c1ccc(OC(F)(F)F)c(F)c1. The Morgan fingerprint density at radius 1 is 1.25 bits per heavy atom. The Morgan fingerprint density at radius 3 is 2.59 bits per heavy atom. The van der Waals surface area contributed by atoms with E-state index in [0.717, 1.165) is 23.1 Å². The average molecular weight is 471 g/mol. The number of H-pyrrole nitrogens is 1. The van der Waals surface area contributed by atoms with E-state index < -0.39 is 35.4 Å². The first-order valence-corrected chi connectivity index (χ1v) is 9.90. The number of amides is 1. The Labute approximate surface area is 183 Å². The molecule has 0 radical (unpaired) electrons. The van der Waals surface area contributed by atoms with Gasteiger partial charge in [0.25, 0.3) is 11.5 Å². The van der Waals surface area contributed by atoms with Crippen LogP contribution in [0.15, 0.2) is 41.2 Å². The monoisotopic (exact) mass is 471 g/mol. The molecule has 12 heteroatoms. The second-order valence-electron chi connectivity index (χ2n) is 6.61. The van der Waals surface area contributed by atoms with Gasteiger partial charge in [0.05, 0.1) is 17.5 Å². The number of methoxy groups -OCH3 is 1. The molecule has 2 heterocycles. The maximum atomic E-state index is 14.1. The van der Waals surface area contributed by atoms with Gasteiger partial charge >= 0.3 is 6.36 Å². The highest BCUT2D eigenvalue weighted by Crippen LogP contribution is 2.28. The van der Waals surface area contributed by atoms with Crippen LogP contribution in [0.2, 0.25) is 0 Å². The van der Waals surface area contributed by atoms with E-state index >= 15 is 0 Å². The van der Waals surface area contributed by atoms with Crippen molar-refractivity contribution in [2.75, 3.05) is 13.7 Å². The number of carbonyl (C=O) groups is 1. The summed E-state index contributed by atoms with van der Waals surface area (Å²) in [4.78, 5) is 33.1. The summed E-state index contributed by atoms with van der Waals surface area (Å²) in [6, 6.07) is 6.42. The van der Waals surface area contributed by atoms with Crippen LogP contribution in [0, 0.1) is 12.7 Å². The number of aryl methyl sites for hydroxylation is 1. The molecule has 0 saturated carbocycles. The summed E-state index contributed by atoms with van der Waals surface area (Å²) in [5.41, 5.74) is -0.603. The Hall–Kier alpha value is -3.25. The lowest BCUT2D eigenvalue weighted by molar-refractivity contribution is -0.275. The Bertz CT molecular complexity index is 1180. The first-order chi connectivity index (χ1) is 15.1. The number of halogens is 4. The van der Waals surface area contributed by atoms with Crippen molar-refractivity contribution in [1.29, 1.82) is 0 Å². The molecule has 0 aliphatic heterocycles. The van der Waals surface area contributed by atoms with Crippen molar-refractivity contribution in [3.05, 3.63) is 68.7 Å². The zero-order valence-corrected chi connectivity index (χ0v) is 17.6. The summed E-state index contributed by atoms with van der Waals surface area (Å²) < 4.78 is 59.8. The molecule has 1 amide bonds. The largest absolute Gasteiger partial charge is 0.573 e. The van der Waals surface area contributed by atoms with Crippen LogP contribution in [0.4, 0.5) is 17.6 Å². The minimum Gasteiger partial charge on any atom is -0.403 e. The van der Waals surface area contributed by atoms with Crippen molar-refractivity contribution in [3.8, 4) is 16.5 Å². The number of carbonyl (C=O) groups excluding carboxylic acids is 1. The fourth-order valence-corrected chi connectivity index (χ4v) is 3.63. The Balaban J connectivity index is 1.85. The maximum Gasteiger partial charge on any atom is 0.573 e. The van der Waals surface area contributed by atoms with Gasteiger partial charge in [-0.2, -0.15) is 0 Å². The summed E-state index contributed by atoms with van der Waals surface area (Å²) in [7, 11) is 1.33. The van der Waals surface area contributed by atoms with E-state index in [-0.39, 0.29) is 23.7 Å². The van der Waals surface area contributed by atoms with E-state index in [4.69, 9.17) is 4.74 Å². The summed E-state index contributed by atoms with van der Waals surface area (Å²) in [5, 5.41) is 2.55. The van der Waals surface area contributed by atoms with Crippen LogP contribution >= 0.6 is 11.3 Å². The van der Waals surface area contributed by atoms with Crippen molar-refractivity contribution < 1.29 is 31.8 Å². The molecule has 170 valence electrons. The molecule has 3 aromatic rings. The number of ether oxygens (including phenoxy) is 2. The number of rotatable bonds is 7. The van der Waals surface area contributed by atoms with Gasteiger partial charge in [-0.1, -0.05) is 6.07 Å². The molecule has 0 bridgehead atoms. The summed E-state index contributed by atoms with van der Waals surface area (Å²) in [6.45, 7) is 1.76. The molecule has 2 N–H and O–H groups in total. The van der Waals surface area contributed by atoms with Crippen LogP contribution in [-0.2, 0) is 4.74 Å². The molecule has 32 heavy (non-hydrogen) atoms. The third-order valence-corrected chi connectivity index (χ3v) is 5.18. The van der Waals surface area contributed by atoms with Gasteiger partial charge in [-0.3, -0.25) is 9.59 Å². The summed E-state index contributed by atoms with van der Waals surface area (Å²) in [5.74, 6) is -2.80. The van der Waals surface area contributed by atoms with Crippen LogP contribution in [0.25, 0.3) is 10.7 Å². The Morgan fingerprint density at radius 2 is 2.00 bits per heavy atom. The van der Waals surface area contributed by atoms with E-state index in [1.807, 2.05) is 13.0 Å². The number of nitrogens with zero attached hydrogens (tertiary/aromatic N) is 1. The number of thiophene rings is 1. The molecule has 2 aromatic heterocycles. The second kappa shape index (κ2) is 9.49. The standard InChI is InChI=1S/C20H17F4N3O4S/c1-10-3-6-16(32-10)18-25-13(8-17(28)27-18)19(29)26-14(9-30-2)11-4-5-15(12(21)7-11)31-20(22,23)24/h3-8,14H,9H2,1-2H3,(H,26,29)(H,25,27,28)/t14-/m1/s1. The maximum absolute atomic E-state index is 14.1. The van der Waals surface area contributed by atoms with Gasteiger partial charge in [-0.25, -0.2) is 9.37 Å². The molecule has 7 nitrogen and oxygen atoms in total. The fraction of sp³-hybridized carbons (Fsp3) is 0.250. The first kappa shape index (κ1) is 23.4. The predicted octanol–water partition coefficient (Wildman–Crippen LogP) is 3.96. The van der Waals surface area contributed by atoms with Gasteiger partial charge in [-0.15, -0.1) is 24.5 Å². The second-order valence-corrected chi connectivity index (χ2v) is 7.90. The van der Waals surface area contributed by atoms with Crippen LogP contribution in [0.5, 0.6) is 5.75 Å². The van der Waals surface area contributed by atoms with Gasteiger partial charge in [0, 0.05) is 18.1 Å². The molecule has 0 aliphatic rings. The highest BCUT2D eigenvalue weighted by Gasteiger charge is 2.32. The highest BCUT2D eigenvalue weighted by molar-refractivity contribution is 7.15. The number of aromatic amines is 1. The lowest BCUT2D eigenvalue weighted by Crippen LogP contribution is -2.33. The van der Waals surface area contributed by atoms with Crippen LogP contribution in [0.1, 0.15) is 27.0 Å². The lowest BCUT2D eigenvalue weighted by Gasteiger charge is -2.19. The molecule has 1 aromatic carbocycles. The van der Waals surface area contributed by atoms with E-state index in [2.05, 4.69) is 20.0 Å². The van der Waals surface area contributed by atoms with E-state index in [1.54, 1.807) is 6.07 Å². The number of benzene rings is 1. The summed E-state index contributed by atoms with van der Waals surface area (Å²) >= 11 is 1.38. The molecule has 0 aliphatic carbocycles. The smallest absolute Gasteiger partial charge is 0.403 e.